The molecule has 5 nitrogen and oxygen atoms in total. The lowest BCUT2D eigenvalue weighted by Crippen LogP contribution is -2.46. The largest absolute Gasteiger partial charge is 0.345 e. The molecule has 1 aromatic rings. The van der Waals surface area contributed by atoms with Gasteiger partial charge in [-0.3, -0.25) is 14.6 Å². The summed E-state index contributed by atoms with van der Waals surface area (Å²) < 4.78 is 0. The number of carbonyl (C=O) groups is 2. The standard InChI is InChI=1S/C16H23N3O2/c1-2-19(12-9-13-7-10-17-11-8-13)16(21)15(20)18-14-5-3-4-6-14/h7-8,10-11,14H,2-6,9,12H2,1H3,(H,18,20). The molecule has 0 saturated heterocycles. The molecule has 1 saturated carbocycles. The van der Waals surface area contributed by atoms with Gasteiger partial charge in [0.05, 0.1) is 0 Å². The summed E-state index contributed by atoms with van der Waals surface area (Å²) in [4.78, 5) is 29.8. The van der Waals surface area contributed by atoms with Crippen LogP contribution >= 0.6 is 0 Å². The van der Waals surface area contributed by atoms with E-state index in [1.54, 1.807) is 17.3 Å². The maximum Gasteiger partial charge on any atom is 0.311 e. The first-order chi connectivity index (χ1) is 10.2. The zero-order valence-corrected chi connectivity index (χ0v) is 12.5. The lowest BCUT2D eigenvalue weighted by atomic mass is 10.2. The van der Waals surface area contributed by atoms with Crippen LogP contribution in [0, 0.1) is 0 Å². The van der Waals surface area contributed by atoms with Crippen molar-refractivity contribution in [1.82, 2.24) is 15.2 Å². The molecule has 0 unspecified atom stereocenters. The number of aromatic nitrogens is 1. The second-order valence-corrected chi connectivity index (χ2v) is 5.45. The zero-order chi connectivity index (χ0) is 15.1. The highest BCUT2D eigenvalue weighted by Crippen LogP contribution is 2.17. The summed E-state index contributed by atoms with van der Waals surface area (Å²) in [6, 6.07) is 4.04. The van der Waals surface area contributed by atoms with Crippen molar-refractivity contribution in [2.75, 3.05) is 13.1 Å². The van der Waals surface area contributed by atoms with Gasteiger partial charge in [-0.25, -0.2) is 0 Å². The van der Waals surface area contributed by atoms with Gasteiger partial charge in [0.1, 0.15) is 0 Å². The summed E-state index contributed by atoms with van der Waals surface area (Å²) in [5, 5.41) is 2.85. The number of rotatable bonds is 5. The van der Waals surface area contributed by atoms with Gasteiger partial charge < -0.3 is 10.2 Å². The van der Waals surface area contributed by atoms with Crippen molar-refractivity contribution in [2.24, 2.45) is 0 Å². The Labute approximate surface area is 125 Å². The number of hydrogen-bond donors (Lipinski definition) is 1. The second-order valence-electron chi connectivity index (χ2n) is 5.45. The SMILES string of the molecule is CCN(CCc1ccncc1)C(=O)C(=O)NC1CCCC1. The summed E-state index contributed by atoms with van der Waals surface area (Å²) >= 11 is 0. The number of hydrogen-bond acceptors (Lipinski definition) is 3. The van der Waals surface area contributed by atoms with Gasteiger partial charge in [-0.05, 0) is 43.9 Å². The molecule has 0 radical (unpaired) electrons. The van der Waals surface area contributed by atoms with E-state index < -0.39 is 11.8 Å². The fraction of sp³-hybridized carbons (Fsp3) is 0.562. The van der Waals surface area contributed by atoms with E-state index in [0.29, 0.717) is 13.1 Å². The van der Waals surface area contributed by atoms with Crippen LogP contribution in [0.4, 0.5) is 0 Å². The third-order valence-corrected chi connectivity index (χ3v) is 3.97. The highest BCUT2D eigenvalue weighted by atomic mass is 16.2. The number of nitrogens with zero attached hydrogens (tertiary/aromatic N) is 2. The molecular weight excluding hydrogens is 266 g/mol. The molecule has 1 aromatic heterocycles. The van der Waals surface area contributed by atoms with Crippen molar-refractivity contribution >= 4 is 11.8 Å². The Morgan fingerprint density at radius 3 is 2.57 bits per heavy atom. The Morgan fingerprint density at radius 2 is 1.95 bits per heavy atom. The van der Waals surface area contributed by atoms with E-state index in [1.807, 2.05) is 19.1 Å². The van der Waals surface area contributed by atoms with Crippen LogP contribution in [0.5, 0.6) is 0 Å². The van der Waals surface area contributed by atoms with Gasteiger partial charge in [-0.1, -0.05) is 12.8 Å². The quantitative estimate of drug-likeness (QED) is 0.836. The number of amides is 2. The molecule has 0 aromatic carbocycles. The fourth-order valence-corrected chi connectivity index (χ4v) is 2.68. The molecule has 2 rings (SSSR count). The maximum atomic E-state index is 12.2. The third kappa shape index (κ3) is 4.55. The molecule has 1 heterocycles. The van der Waals surface area contributed by atoms with Crippen LogP contribution < -0.4 is 5.32 Å². The molecular formula is C16H23N3O2. The number of carbonyl (C=O) groups excluding carboxylic acids is 2. The van der Waals surface area contributed by atoms with Crippen LogP contribution in [-0.4, -0.2) is 40.8 Å². The highest BCUT2D eigenvalue weighted by molar-refractivity contribution is 6.35. The molecule has 2 amide bonds. The van der Waals surface area contributed by atoms with E-state index in [1.165, 1.54) is 0 Å². The number of pyridine rings is 1. The Morgan fingerprint density at radius 1 is 1.29 bits per heavy atom. The summed E-state index contributed by atoms with van der Waals surface area (Å²) in [5.41, 5.74) is 1.12. The Hall–Kier alpha value is -1.91. The number of nitrogens with one attached hydrogen (secondary N) is 1. The minimum Gasteiger partial charge on any atom is -0.345 e. The van der Waals surface area contributed by atoms with E-state index in [-0.39, 0.29) is 6.04 Å². The molecule has 5 heteroatoms. The molecule has 1 fully saturated rings. The minimum atomic E-state index is -0.460. The van der Waals surface area contributed by atoms with E-state index in [0.717, 1.165) is 37.7 Å². The Balaban J connectivity index is 1.84. The van der Waals surface area contributed by atoms with Crippen molar-refractivity contribution in [2.45, 2.75) is 45.1 Å². The summed E-state index contributed by atoms with van der Waals surface area (Å²) in [7, 11) is 0. The van der Waals surface area contributed by atoms with Gasteiger partial charge in [0, 0.05) is 31.5 Å². The summed E-state index contributed by atoms with van der Waals surface area (Å²) in [6.45, 7) is 2.99. The second kappa shape index (κ2) is 7.76. The van der Waals surface area contributed by atoms with Crippen molar-refractivity contribution in [3.63, 3.8) is 0 Å². The van der Waals surface area contributed by atoms with Gasteiger partial charge in [-0.15, -0.1) is 0 Å². The van der Waals surface area contributed by atoms with Crippen molar-refractivity contribution in [3.8, 4) is 0 Å². The Bertz CT molecular complexity index is 470. The van der Waals surface area contributed by atoms with Gasteiger partial charge >= 0.3 is 11.8 Å². The Kier molecular flexibility index (Phi) is 5.72. The first-order valence-corrected chi connectivity index (χ1v) is 7.69. The predicted octanol–water partition coefficient (Wildman–Crippen LogP) is 1.53. The van der Waals surface area contributed by atoms with Gasteiger partial charge in [0.15, 0.2) is 0 Å². The monoisotopic (exact) mass is 289 g/mol. The number of likely N-dealkylation sites (N-methyl/N-ethyl adjacent to an activating group) is 1. The van der Waals surface area contributed by atoms with Crippen molar-refractivity contribution in [1.29, 1.82) is 0 Å². The van der Waals surface area contributed by atoms with Crippen molar-refractivity contribution in [3.05, 3.63) is 30.1 Å². The molecule has 1 aliphatic rings. The lowest BCUT2D eigenvalue weighted by molar-refractivity contribution is -0.146. The van der Waals surface area contributed by atoms with Crippen LogP contribution in [0.25, 0.3) is 0 Å². The molecule has 1 N–H and O–H groups in total. The van der Waals surface area contributed by atoms with Crippen LogP contribution in [0.1, 0.15) is 38.2 Å². The third-order valence-electron chi connectivity index (χ3n) is 3.97. The van der Waals surface area contributed by atoms with E-state index in [2.05, 4.69) is 10.3 Å². The van der Waals surface area contributed by atoms with Crippen LogP contribution in [0.3, 0.4) is 0 Å². The van der Waals surface area contributed by atoms with Crippen LogP contribution in [0.15, 0.2) is 24.5 Å². The molecule has 1 aliphatic carbocycles. The smallest absolute Gasteiger partial charge is 0.311 e. The lowest BCUT2D eigenvalue weighted by Gasteiger charge is -2.21. The van der Waals surface area contributed by atoms with E-state index >= 15 is 0 Å². The van der Waals surface area contributed by atoms with Gasteiger partial charge in [-0.2, -0.15) is 0 Å². The zero-order valence-electron chi connectivity index (χ0n) is 12.5. The average Bonchev–Trinajstić information content (AvgIpc) is 3.01. The van der Waals surface area contributed by atoms with Gasteiger partial charge in [0.25, 0.3) is 0 Å². The summed E-state index contributed by atoms with van der Waals surface area (Å²) in [5.74, 6) is -0.878. The molecule has 0 spiro atoms. The van der Waals surface area contributed by atoms with Crippen LogP contribution in [-0.2, 0) is 16.0 Å². The molecule has 0 aliphatic heterocycles. The first kappa shape index (κ1) is 15.5. The highest BCUT2D eigenvalue weighted by Gasteiger charge is 2.24. The molecule has 114 valence electrons. The predicted molar refractivity (Wildman–Crippen MR) is 80.6 cm³/mol. The normalized spacial score (nSPS) is 14.9. The van der Waals surface area contributed by atoms with Crippen molar-refractivity contribution < 1.29 is 9.59 Å². The maximum absolute atomic E-state index is 12.2. The molecule has 0 atom stereocenters. The average molecular weight is 289 g/mol. The first-order valence-electron chi connectivity index (χ1n) is 7.69. The minimum absolute atomic E-state index is 0.181. The molecule has 21 heavy (non-hydrogen) atoms. The fourth-order valence-electron chi connectivity index (χ4n) is 2.68. The molecule has 0 bridgehead atoms. The van der Waals surface area contributed by atoms with E-state index in [4.69, 9.17) is 0 Å². The van der Waals surface area contributed by atoms with Gasteiger partial charge in [0.2, 0.25) is 0 Å². The topological polar surface area (TPSA) is 62.3 Å². The van der Waals surface area contributed by atoms with Crippen LogP contribution in [0.2, 0.25) is 0 Å². The summed E-state index contributed by atoms with van der Waals surface area (Å²) in [6.07, 6.45) is 8.46. The van der Waals surface area contributed by atoms with E-state index in [9.17, 15) is 9.59 Å².